The van der Waals surface area contributed by atoms with E-state index >= 15 is 0 Å². The number of esters is 1. The lowest BCUT2D eigenvalue weighted by Gasteiger charge is -2.26. The van der Waals surface area contributed by atoms with Crippen molar-refractivity contribution in [2.24, 2.45) is 5.92 Å². The van der Waals surface area contributed by atoms with E-state index in [0.29, 0.717) is 29.4 Å². The minimum atomic E-state index is -4.24. The molecule has 1 aliphatic carbocycles. The maximum atomic E-state index is 13.8. The van der Waals surface area contributed by atoms with Crippen LogP contribution in [0.15, 0.2) is 59.8 Å². The Kier molecular flexibility index (Phi) is 11.2. The Morgan fingerprint density at radius 3 is 2.47 bits per heavy atom. The third-order valence-corrected chi connectivity index (χ3v) is 11.3. The van der Waals surface area contributed by atoms with Crippen LogP contribution >= 0.6 is 35.0 Å². The van der Waals surface area contributed by atoms with Crippen LogP contribution in [-0.2, 0) is 26.0 Å². The van der Waals surface area contributed by atoms with E-state index in [-0.39, 0.29) is 50.9 Å². The van der Waals surface area contributed by atoms with Gasteiger partial charge in [0, 0.05) is 50.8 Å². The first-order chi connectivity index (χ1) is 22.3. The summed E-state index contributed by atoms with van der Waals surface area (Å²) in [4.78, 5) is 31.5. The third-order valence-electron chi connectivity index (χ3n) is 7.47. The molecule has 1 amide bonds. The smallest absolute Gasteiger partial charge is 0.387 e. The van der Waals surface area contributed by atoms with Crippen molar-refractivity contribution in [1.29, 1.82) is 0 Å². The molecule has 2 aliphatic rings. The summed E-state index contributed by atoms with van der Waals surface area (Å²) < 4.78 is 71.5. The summed E-state index contributed by atoms with van der Waals surface area (Å²) in [5, 5.41) is -0.855. The standard InChI is InChI=1S/C31H31Cl2F2N3O7S2/c1-37(2)28(39)20-4-3-5-21(12-20)47(41,42)38-10-11-46-29(38)30(40)44-26(14-22-23(32)15-36-16-24(22)33)19-8-9-25(45-31(34)35)27(13-19)43-17-18-6-7-18/h3-5,8-9,12-13,15-16,18,26,29,31H,6-7,10-11,14,17H2,1-2H3/t26-,29?/m0/s1. The van der Waals surface area contributed by atoms with Gasteiger partial charge in [0.05, 0.1) is 21.5 Å². The second kappa shape index (κ2) is 14.9. The molecule has 10 nitrogen and oxygen atoms in total. The molecule has 1 saturated carbocycles. The van der Waals surface area contributed by atoms with Crippen LogP contribution in [0, 0.1) is 5.92 Å². The SMILES string of the molecule is CN(C)C(=O)c1cccc(S(=O)(=O)N2CCSC2C(=O)O[C@@H](Cc2c(Cl)cncc2Cl)c2ccc(OC(F)F)c(OCC3CC3)c2)c1. The number of nitrogens with zero attached hydrogens (tertiary/aromatic N) is 3. The number of ether oxygens (including phenoxy) is 3. The Morgan fingerprint density at radius 1 is 1.09 bits per heavy atom. The molecule has 5 rings (SSSR count). The molecule has 47 heavy (non-hydrogen) atoms. The molecule has 2 fully saturated rings. The van der Waals surface area contributed by atoms with Gasteiger partial charge in [0.15, 0.2) is 16.9 Å². The van der Waals surface area contributed by atoms with Crippen molar-refractivity contribution < 1.29 is 41.0 Å². The normalized spacial score (nSPS) is 17.4. The molecule has 0 radical (unpaired) electrons. The molecular weight excluding hydrogens is 699 g/mol. The van der Waals surface area contributed by atoms with E-state index in [2.05, 4.69) is 9.72 Å². The van der Waals surface area contributed by atoms with E-state index in [0.717, 1.165) is 28.9 Å². The van der Waals surface area contributed by atoms with Gasteiger partial charge in [-0.15, -0.1) is 11.8 Å². The van der Waals surface area contributed by atoms with Crippen LogP contribution in [0.1, 0.15) is 40.4 Å². The van der Waals surface area contributed by atoms with Crippen LogP contribution in [0.3, 0.4) is 0 Å². The summed E-state index contributed by atoms with van der Waals surface area (Å²) in [6, 6.07) is 9.79. The summed E-state index contributed by atoms with van der Waals surface area (Å²) >= 11 is 13.9. The average molecular weight is 731 g/mol. The second-order valence-electron chi connectivity index (χ2n) is 11.1. The Bertz CT molecular complexity index is 1730. The summed E-state index contributed by atoms with van der Waals surface area (Å²) in [5.74, 6) is -0.787. The number of benzene rings is 2. The molecule has 3 aromatic rings. The van der Waals surface area contributed by atoms with E-state index in [1.54, 1.807) is 14.1 Å². The number of carbonyl (C=O) groups excluding carboxylic acids is 2. The monoisotopic (exact) mass is 729 g/mol. The van der Waals surface area contributed by atoms with Gasteiger partial charge in [-0.05, 0) is 60.2 Å². The molecule has 1 unspecified atom stereocenters. The Morgan fingerprint density at radius 2 is 1.81 bits per heavy atom. The van der Waals surface area contributed by atoms with E-state index in [1.807, 2.05) is 0 Å². The van der Waals surface area contributed by atoms with Gasteiger partial charge in [-0.3, -0.25) is 9.78 Å². The maximum absolute atomic E-state index is 13.8. The molecular formula is C31H31Cl2F2N3O7S2. The fourth-order valence-electron chi connectivity index (χ4n) is 4.84. The van der Waals surface area contributed by atoms with Crippen LogP contribution < -0.4 is 9.47 Å². The average Bonchev–Trinajstić information content (AvgIpc) is 3.72. The van der Waals surface area contributed by atoms with Crippen molar-refractivity contribution in [2.75, 3.05) is 33.0 Å². The van der Waals surface area contributed by atoms with Crippen molar-refractivity contribution in [3.05, 3.63) is 81.6 Å². The molecule has 0 N–H and O–H groups in total. The molecule has 2 heterocycles. The zero-order valence-electron chi connectivity index (χ0n) is 25.3. The predicted octanol–water partition coefficient (Wildman–Crippen LogP) is 6.07. The number of hydrogen-bond acceptors (Lipinski definition) is 9. The van der Waals surface area contributed by atoms with Gasteiger partial charge in [-0.1, -0.05) is 35.3 Å². The predicted molar refractivity (Wildman–Crippen MR) is 173 cm³/mol. The lowest BCUT2D eigenvalue weighted by atomic mass is 10.0. The minimum absolute atomic E-state index is 0.0180. The maximum Gasteiger partial charge on any atom is 0.387 e. The van der Waals surface area contributed by atoms with Crippen molar-refractivity contribution in [2.45, 2.75) is 42.2 Å². The van der Waals surface area contributed by atoms with Crippen LogP contribution in [-0.4, -0.2) is 79.5 Å². The van der Waals surface area contributed by atoms with Crippen molar-refractivity contribution in [3.8, 4) is 11.5 Å². The first-order valence-electron chi connectivity index (χ1n) is 14.5. The van der Waals surface area contributed by atoms with Crippen molar-refractivity contribution >= 4 is 56.9 Å². The summed E-state index contributed by atoms with van der Waals surface area (Å²) in [5.41, 5.74) is 0.926. The molecule has 2 atom stereocenters. The number of thioether (sulfide) groups is 1. The Labute approximate surface area is 285 Å². The number of sulfonamides is 1. The fourth-order valence-corrected chi connectivity index (χ4v) is 8.45. The van der Waals surface area contributed by atoms with Crippen molar-refractivity contribution in [1.82, 2.24) is 14.2 Å². The third kappa shape index (κ3) is 8.47. The Hall–Kier alpha value is -3.17. The van der Waals surface area contributed by atoms with Gasteiger partial charge in [-0.2, -0.15) is 13.1 Å². The van der Waals surface area contributed by atoms with Crippen LogP contribution in [0.2, 0.25) is 10.0 Å². The first kappa shape index (κ1) is 35.1. The highest BCUT2D eigenvalue weighted by Gasteiger charge is 2.42. The lowest BCUT2D eigenvalue weighted by Crippen LogP contribution is -2.40. The zero-order valence-corrected chi connectivity index (χ0v) is 28.4. The second-order valence-corrected chi connectivity index (χ2v) is 15.0. The Balaban J connectivity index is 1.46. The van der Waals surface area contributed by atoms with E-state index in [9.17, 15) is 26.8 Å². The molecule has 252 valence electrons. The van der Waals surface area contributed by atoms with Crippen LogP contribution in [0.25, 0.3) is 0 Å². The number of hydrogen-bond donors (Lipinski definition) is 0. The van der Waals surface area contributed by atoms with Gasteiger partial charge >= 0.3 is 12.6 Å². The van der Waals surface area contributed by atoms with Crippen molar-refractivity contribution in [3.63, 3.8) is 0 Å². The number of rotatable bonds is 13. The largest absolute Gasteiger partial charge is 0.489 e. The molecule has 0 spiro atoms. The summed E-state index contributed by atoms with van der Waals surface area (Å²) in [6.07, 6.45) is 3.51. The number of amides is 1. The highest BCUT2D eigenvalue weighted by Crippen LogP contribution is 2.39. The number of alkyl halides is 2. The number of pyridine rings is 1. The van der Waals surface area contributed by atoms with Crippen LogP contribution in [0.4, 0.5) is 8.78 Å². The highest BCUT2D eigenvalue weighted by molar-refractivity contribution is 8.02. The molecule has 16 heteroatoms. The minimum Gasteiger partial charge on any atom is -0.489 e. The molecule has 0 bridgehead atoms. The van der Waals surface area contributed by atoms with Gasteiger partial charge in [-0.25, -0.2) is 13.2 Å². The fraction of sp³-hybridized carbons (Fsp3) is 0.387. The van der Waals surface area contributed by atoms with Gasteiger partial charge in [0.1, 0.15) is 6.10 Å². The quantitative estimate of drug-likeness (QED) is 0.193. The summed E-state index contributed by atoms with van der Waals surface area (Å²) in [7, 11) is -1.13. The summed E-state index contributed by atoms with van der Waals surface area (Å²) in [6.45, 7) is -2.78. The van der Waals surface area contributed by atoms with Gasteiger partial charge < -0.3 is 19.1 Å². The molecule has 1 aliphatic heterocycles. The number of aromatic nitrogens is 1. The molecule has 2 aromatic carbocycles. The zero-order chi connectivity index (χ0) is 33.9. The lowest BCUT2D eigenvalue weighted by molar-refractivity contribution is -0.150. The van der Waals surface area contributed by atoms with E-state index in [1.165, 1.54) is 59.8 Å². The number of halogens is 4. The molecule has 1 aromatic heterocycles. The van der Waals surface area contributed by atoms with Gasteiger partial charge in [0.25, 0.3) is 5.91 Å². The van der Waals surface area contributed by atoms with E-state index in [4.69, 9.17) is 32.7 Å². The van der Waals surface area contributed by atoms with Crippen LogP contribution in [0.5, 0.6) is 11.5 Å². The van der Waals surface area contributed by atoms with E-state index < -0.39 is 34.1 Å². The molecule has 1 saturated heterocycles. The highest BCUT2D eigenvalue weighted by atomic mass is 35.5. The van der Waals surface area contributed by atoms with Gasteiger partial charge in [0.2, 0.25) is 10.0 Å². The number of carbonyl (C=O) groups is 2. The first-order valence-corrected chi connectivity index (χ1v) is 17.7. The topological polar surface area (TPSA) is 115 Å².